The van der Waals surface area contributed by atoms with Crippen molar-refractivity contribution in [3.8, 4) is 0 Å². The standard InChI is InChI=1S/C13H22N2O2/c1-11-4-5-12(14-6-11)7-15(3)8-13(2,9-16)10-17/h4-6,16-17H,7-10H2,1-3H3. The van der Waals surface area contributed by atoms with Gasteiger partial charge < -0.3 is 10.2 Å². The van der Waals surface area contributed by atoms with Crippen molar-refractivity contribution in [1.82, 2.24) is 9.88 Å². The molecule has 0 amide bonds. The van der Waals surface area contributed by atoms with Crippen LogP contribution in [0.2, 0.25) is 0 Å². The summed E-state index contributed by atoms with van der Waals surface area (Å²) in [5, 5.41) is 18.5. The van der Waals surface area contributed by atoms with E-state index in [9.17, 15) is 10.2 Å². The predicted octanol–water partition coefficient (Wildman–Crippen LogP) is 0.813. The van der Waals surface area contributed by atoms with Crippen LogP contribution in [0.1, 0.15) is 18.2 Å². The number of aliphatic hydroxyl groups excluding tert-OH is 2. The second-order valence-corrected chi connectivity index (χ2v) is 5.13. The minimum absolute atomic E-state index is 0.0187. The maximum absolute atomic E-state index is 9.23. The van der Waals surface area contributed by atoms with Crippen LogP contribution in [0.15, 0.2) is 18.3 Å². The van der Waals surface area contributed by atoms with Crippen LogP contribution >= 0.6 is 0 Å². The molecule has 0 saturated carbocycles. The first-order valence-corrected chi connectivity index (χ1v) is 5.81. The third-order valence-electron chi connectivity index (χ3n) is 2.82. The van der Waals surface area contributed by atoms with E-state index in [-0.39, 0.29) is 13.2 Å². The summed E-state index contributed by atoms with van der Waals surface area (Å²) in [7, 11) is 1.96. The van der Waals surface area contributed by atoms with Gasteiger partial charge in [-0.1, -0.05) is 13.0 Å². The number of pyridine rings is 1. The predicted molar refractivity (Wildman–Crippen MR) is 67.6 cm³/mol. The van der Waals surface area contributed by atoms with Crippen molar-refractivity contribution >= 4 is 0 Å². The average Bonchev–Trinajstić information content (AvgIpc) is 2.32. The number of hydrogen-bond acceptors (Lipinski definition) is 4. The molecule has 96 valence electrons. The second-order valence-electron chi connectivity index (χ2n) is 5.13. The topological polar surface area (TPSA) is 56.6 Å². The van der Waals surface area contributed by atoms with Crippen molar-refractivity contribution in [3.05, 3.63) is 29.6 Å². The van der Waals surface area contributed by atoms with Gasteiger partial charge in [0, 0.05) is 24.7 Å². The van der Waals surface area contributed by atoms with Gasteiger partial charge in [-0.2, -0.15) is 0 Å². The van der Waals surface area contributed by atoms with Crippen LogP contribution in [-0.2, 0) is 6.54 Å². The fourth-order valence-electron chi connectivity index (χ4n) is 1.73. The number of rotatable bonds is 6. The van der Waals surface area contributed by atoms with Crippen molar-refractivity contribution < 1.29 is 10.2 Å². The molecule has 0 bridgehead atoms. The van der Waals surface area contributed by atoms with E-state index in [4.69, 9.17) is 0 Å². The normalized spacial score (nSPS) is 12.1. The van der Waals surface area contributed by atoms with E-state index in [1.807, 2.05) is 39.2 Å². The lowest BCUT2D eigenvalue weighted by Gasteiger charge is -2.30. The summed E-state index contributed by atoms with van der Waals surface area (Å²) in [5.41, 5.74) is 1.68. The highest BCUT2D eigenvalue weighted by molar-refractivity contribution is 5.12. The molecule has 2 N–H and O–H groups in total. The van der Waals surface area contributed by atoms with Crippen molar-refractivity contribution in [2.75, 3.05) is 26.8 Å². The Bertz CT molecular complexity index is 334. The molecule has 0 fully saturated rings. The number of aryl methyl sites for hydroxylation is 1. The number of aliphatic hydroxyl groups is 2. The van der Waals surface area contributed by atoms with Crippen LogP contribution in [0, 0.1) is 12.3 Å². The summed E-state index contributed by atoms with van der Waals surface area (Å²) in [6.07, 6.45) is 1.85. The highest BCUT2D eigenvalue weighted by atomic mass is 16.3. The van der Waals surface area contributed by atoms with Gasteiger partial charge in [0.1, 0.15) is 0 Å². The third-order valence-corrected chi connectivity index (χ3v) is 2.82. The maximum Gasteiger partial charge on any atom is 0.0544 e. The van der Waals surface area contributed by atoms with Crippen LogP contribution in [0.25, 0.3) is 0 Å². The lowest BCUT2D eigenvalue weighted by atomic mass is 9.92. The Kier molecular flexibility index (Phi) is 5.05. The monoisotopic (exact) mass is 238 g/mol. The van der Waals surface area contributed by atoms with E-state index >= 15 is 0 Å². The molecular formula is C13H22N2O2. The third kappa shape index (κ3) is 4.42. The highest BCUT2D eigenvalue weighted by Gasteiger charge is 2.24. The van der Waals surface area contributed by atoms with E-state index in [0.29, 0.717) is 6.54 Å². The van der Waals surface area contributed by atoms with Gasteiger partial charge in [0.15, 0.2) is 0 Å². The summed E-state index contributed by atoms with van der Waals surface area (Å²) in [4.78, 5) is 6.39. The molecule has 1 rings (SSSR count). The molecule has 0 aliphatic carbocycles. The number of aromatic nitrogens is 1. The summed E-state index contributed by atoms with van der Waals surface area (Å²) < 4.78 is 0. The first-order valence-electron chi connectivity index (χ1n) is 5.81. The molecule has 0 aliphatic heterocycles. The molecule has 0 saturated heterocycles. The Morgan fingerprint density at radius 1 is 1.29 bits per heavy atom. The molecule has 0 aliphatic rings. The zero-order valence-electron chi connectivity index (χ0n) is 10.8. The Balaban J connectivity index is 2.54. The van der Waals surface area contributed by atoms with Crippen LogP contribution < -0.4 is 0 Å². The average molecular weight is 238 g/mol. The number of hydrogen-bond donors (Lipinski definition) is 2. The lowest BCUT2D eigenvalue weighted by molar-refractivity contribution is 0.0399. The van der Waals surface area contributed by atoms with E-state index in [2.05, 4.69) is 9.88 Å². The van der Waals surface area contributed by atoms with Crippen LogP contribution in [-0.4, -0.2) is 46.9 Å². The van der Waals surface area contributed by atoms with Crippen LogP contribution in [0.5, 0.6) is 0 Å². The molecule has 4 heteroatoms. The Labute approximate surface area is 103 Å². The molecule has 0 atom stereocenters. The molecule has 0 unspecified atom stereocenters. The zero-order chi connectivity index (χ0) is 12.9. The molecular weight excluding hydrogens is 216 g/mol. The van der Waals surface area contributed by atoms with Gasteiger partial charge in [0.05, 0.1) is 18.9 Å². The largest absolute Gasteiger partial charge is 0.396 e. The SMILES string of the molecule is Cc1ccc(CN(C)CC(C)(CO)CO)nc1. The Morgan fingerprint density at radius 3 is 2.41 bits per heavy atom. The van der Waals surface area contributed by atoms with Gasteiger partial charge in [-0.3, -0.25) is 9.88 Å². The second kappa shape index (κ2) is 6.10. The van der Waals surface area contributed by atoms with Crippen molar-refractivity contribution in [3.63, 3.8) is 0 Å². The first kappa shape index (κ1) is 14.1. The molecule has 4 nitrogen and oxygen atoms in total. The minimum atomic E-state index is -0.459. The molecule has 17 heavy (non-hydrogen) atoms. The molecule has 0 aromatic carbocycles. The molecule has 0 spiro atoms. The van der Waals surface area contributed by atoms with Crippen molar-refractivity contribution in [2.24, 2.45) is 5.41 Å². The molecule has 1 heterocycles. The van der Waals surface area contributed by atoms with Gasteiger partial charge in [0.25, 0.3) is 0 Å². The lowest BCUT2D eigenvalue weighted by Crippen LogP contribution is -2.38. The van der Waals surface area contributed by atoms with E-state index in [0.717, 1.165) is 17.8 Å². The Hall–Kier alpha value is -0.970. The summed E-state index contributed by atoms with van der Waals surface area (Å²) in [6, 6.07) is 4.04. The Morgan fingerprint density at radius 2 is 1.94 bits per heavy atom. The fraction of sp³-hybridized carbons (Fsp3) is 0.615. The van der Waals surface area contributed by atoms with Crippen LogP contribution in [0.4, 0.5) is 0 Å². The van der Waals surface area contributed by atoms with E-state index in [1.165, 1.54) is 0 Å². The summed E-state index contributed by atoms with van der Waals surface area (Å²) in [5.74, 6) is 0. The van der Waals surface area contributed by atoms with Gasteiger partial charge in [-0.05, 0) is 25.6 Å². The molecule has 1 aromatic heterocycles. The highest BCUT2D eigenvalue weighted by Crippen LogP contribution is 2.16. The fourth-order valence-corrected chi connectivity index (χ4v) is 1.73. The van der Waals surface area contributed by atoms with Gasteiger partial charge in [-0.25, -0.2) is 0 Å². The van der Waals surface area contributed by atoms with E-state index in [1.54, 1.807) is 0 Å². The van der Waals surface area contributed by atoms with Crippen molar-refractivity contribution in [2.45, 2.75) is 20.4 Å². The molecule has 1 aromatic rings. The van der Waals surface area contributed by atoms with Gasteiger partial charge in [0.2, 0.25) is 0 Å². The van der Waals surface area contributed by atoms with Crippen LogP contribution in [0.3, 0.4) is 0 Å². The smallest absolute Gasteiger partial charge is 0.0544 e. The first-order chi connectivity index (χ1) is 7.99. The van der Waals surface area contributed by atoms with Crippen molar-refractivity contribution in [1.29, 1.82) is 0 Å². The number of nitrogens with zero attached hydrogens (tertiary/aromatic N) is 2. The quantitative estimate of drug-likeness (QED) is 0.770. The summed E-state index contributed by atoms with van der Waals surface area (Å²) >= 11 is 0. The maximum atomic E-state index is 9.23. The molecule has 0 radical (unpaired) electrons. The van der Waals surface area contributed by atoms with Gasteiger partial charge in [-0.15, -0.1) is 0 Å². The zero-order valence-corrected chi connectivity index (χ0v) is 10.8. The minimum Gasteiger partial charge on any atom is -0.396 e. The summed E-state index contributed by atoms with van der Waals surface area (Å²) in [6.45, 7) is 5.19. The van der Waals surface area contributed by atoms with Gasteiger partial charge >= 0.3 is 0 Å². The van der Waals surface area contributed by atoms with E-state index < -0.39 is 5.41 Å².